The molecule has 0 bridgehead atoms. The molecule has 0 radical (unpaired) electrons. The van der Waals surface area contributed by atoms with Crippen LogP contribution in [0.25, 0.3) is 0 Å². The van der Waals surface area contributed by atoms with Crippen molar-refractivity contribution in [2.45, 2.75) is 45.1 Å². The summed E-state index contributed by atoms with van der Waals surface area (Å²) in [6.07, 6.45) is 5.15. The number of methoxy groups -OCH3 is 1. The van der Waals surface area contributed by atoms with Crippen molar-refractivity contribution in [3.8, 4) is 5.75 Å². The maximum Gasteiger partial charge on any atom is 0.222 e. The number of para-hydroxylation sites is 2. The van der Waals surface area contributed by atoms with Crippen LogP contribution in [0.3, 0.4) is 0 Å². The highest BCUT2D eigenvalue weighted by molar-refractivity contribution is 5.81. The van der Waals surface area contributed by atoms with Gasteiger partial charge in [-0.3, -0.25) is 9.79 Å². The van der Waals surface area contributed by atoms with Gasteiger partial charge in [0.2, 0.25) is 5.91 Å². The molecule has 0 unspecified atom stereocenters. The van der Waals surface area contributed by atoms with Crippen molar-refractivity contribution >= 4 is 17.6 Å². The van der Waals surface area contributed by atoms with E-state index in [2.05, 4.69) is 33.4 Å². The first kappa shape index (κ1) is 21.3. The van der Waals surface area contributed by atoms with Crippen LogP contribution < -0.4 is 20.3 Å². The lowest BCUT2D eigenvalue weighted by molar-refractivity contribution is -0.121. The van der Waals surface area contributed by atoms with Crippen LogP contribution in [0.5, 0.6) is 5.75 Å². The summed E-state index contributed by atoms with van der Waals surface area (Å²) in [7, 11) is 1.72. The lowest BCUT2D eigenvalue weighted by Crippen LogP contribution is -2.52. The maximum absolute atomic E-state index is 12.1. The normalized spacial score (nSPS) is 18.1. The number of nitrogens with zero attached hydrogens (tertiary/aromatic N) is 3. The Morgan fingerprint density at radius 2 is 1.90 bits per heavy atom. The Morgan fingerprint density at radius 1 is 1.17 bits per heavy atom. The van der Waals surface area contributed by atoms with Gasteiger partial charge in [0.05, 0.1) is 19.3 Å². The third-order valence-electron chi connectivity index (χ3n) is 5.66. The Morgan fingerprint density at radius 3 is 2.59 bits per heavy atom. The summed E-state index contributed by atoms with van der Waals surface area (Å²) < 4.78 is 5.51. The van der Waals surface area contributed by atoms with Crippen LogP contribution in [0.1, 0.15) is 39.0 Å². The average molecular weight is 402 g/mol. The second-order valence-corrected chi connectivity index (χ2v) is 7.68. The number of hydrogen-bond donors (Lipinski definition) is 2. The SMILES string of the molecule is CCNC(=NCCC(=O)NC1CCCC1)N1CCN(c2ccccc2OC)CC1. The predicted octanol–water partition coefficient (Wildman–Crippen LogP) is 2.23. The molecule has 0 aromatic heterocycles. The Labute approximate surface area is 174 Å². The highest BCUT2D eigenvalue weighted by Crippen LogP contribution is 2.28. The summed E-state index contributed by atoms with van der Waals surface area (Å²) in [5.41, 5.74) is 1.14. The van der Waals surface area contributed by atoms with Gasteiger partial charge in [0, 0.05) is 45.2 Å². The maximum atomic E-state index is 12.1. The fraction of sp³-hybridized carbons (Fsp3) is 0.636. The molecular formula is C22H35N5O2. The monoisotopic (exact) mass is 401 g/mol. The van der Waals surface area contributed by atoms with E-state index in [0.29, 0.717) is 19.0 Å². The smallest absolute Gasteiger partial charge is 0.222 e. The van der Waals surface area contributed by atoms with E-state index in [4.69, 9.17) is 9.73 Å². The van der Waals surface area contributed by atoms with Crippen LogP contribution in [0.2, 0.25) is 0 Å². The molecule has 7 nitrogen and oxygen atoms in total. The summed E-state index contributed by atoms with van der Waals surface area (Å²) in [4.78, 5) is 21.5. The minimum absolute atomic E-state index is 0.123. The molecular weight excluding hydrogens is 366 g/mol. The third kappa shape index (κ3) is 6.02. The minimum atomic E-state index is 0.123. The Kier molecular flexibility index (Phi) is 8.02. The van der Waals surface area contributed by atoms with Gasteiger partial charge in [-0.25, -0.2) is 0 Å². The molecule has 0 atom stereocenters. The first-order valence-electron chi connectivity index (χ1n) is 10.9. The van der Waals surface area contributed by atoms with E-state index in [1.165, 1.54) is 12.8 Å². The summed E-state index contributed by atoms with van der Waals surface area (Å²) in [6.45, 7) is 7.01. The molecule has 1 heterocycles. The van der Waals surface area contributed by atoms with Crippen molar-refractivity contribution in [3.63, 3.8) is 0 Å². The molecule has 2 fully saturated rings. The van der Waals surface area contributed by atoms with Crippen molar-refractivity contribution in [2.24, 2.45) is 4.99 Å². The molecule has 1 aliphatic heterocycles. The molecule has 1 saturated heterocycles. The van der Waals surface area contributed by atoms with E-state index in [1.807, 2.05) is 18.2 Å². The van der Waals surface area contributed by atoms with Crippen molar-refractivity contribution in [3.05, 3.63) is 24.3 Å². The number of piperazine rings is 1. The fourth-order valence-electron chi connectivity index (χ4n) is 4.11. The molecule has 29 heavy (non-hydrogen) atoms. The number of amides is 1. The Bertz CT molecular complexity index is 680. The van der Waals surface area contributed by atoms with Crippen LogP contribution in [0.15, 0.2) is 29.3 Å². The summed E-state index contributed by atoms with van der Waals surface area (Å²) in [5, 5.41) is 6.52. The molecule has 1 aliphatic carbocycles. The molecule has 2 N–H and O–H groups in total. The number of nitrogens with one attached hydrogen (secondary N) is 2. The van der Waals surface area contributed by atoms with Crippen LogP contribution >= 0.6 is 0 Å². The number of rotatable bonds is 7. The number of carbonyl (C=O) groups is 1. The zero-order valence-corrected chi connectivity index (χ0v) is 17.8. The van der Waals surface area contributed by atoms with Gasteiger partial charge < -0.3 is 25.2 Å². The quantitative estimate of drug-likeness (QED) is 0.542. The average Bonchev–Trinajstić information content (AvgIpc) is 3.26. The van der Waals surface area contributed by atoms with Gasteiger partial charge in [-0.15, -0.1) is 0 Å². The van der Waals surface area contributed by atoms with Crippen LogP contribution in [0.4, 0.5) is 5.69 Å². The predicted molar refractivity (Wildman–Crippen MR) is 118 cm³/mol. The number of anilines is 1. The number of ether oxygens (including phenoxy) is 1. The number of aliphatic imine (C=N–C) groups is 1. The zero-order chi connectivity index (χ0) is 20.5. The Balaban J connectivity index is 1.50. The van der Waals surface area contributed by atoms with Gasteiger partial charge in [0.1, 0.15) is 5.75 Å². The molecule has 1 aromatic carbocycles. The van der Waals surface area contributed by atoms with Gasteiger partial charge in [0.25, 0.3) is 0 Å². The molecule has 2 aliphatic rings. The van der Waals surface area contributed by atoms with E-state index < -0.39 is 0 Å². The molecule has 7 heteroatoms. The second-order valence-electron chi connectivity index (χ2n) is 7.68. The van der Waals surface area contributed by atoms with Gasteiger partial charge >= 0.3 is 0 Å². The van der Waals surface area contributed by atoms with E-state index in [-0.39, 0.29) is 5.91 Å². The van der Waals surface area contributed by atoms with Gasteiger partial charge in [-0.1, -0.05) is 25.0 Å². The largest absolute Gasteiger partial charge is 0.495 e. The molecule has 0 spiro atoms. The highest BCUT2D eigenvalue weighted by atomic mass is 16.5. The van der Waals surface area contributed by atoms with Crippen molar-refractivity contribution in [2.75, 3.05) is 51.3 Å². The number of carbonyl (C=O) groups excluding carboxylic acids is 1. The van der Waals surface area contributed by atoms with E-state index in [0.717, 1.165) is 63.0 Å². The summed E-state index contributed by atoms with van der Waals surface area (Å²) in [5.74, 6) is 1.94. The van der Waals surface area contributed by atoms with E-state index in [9.17, 15) is 4.79 Å². The Hall–Kier alpha value is -2.44. The number of benzene rings is 1. The summed E-state index contributed by atoms with van der Waals surface area (Å²) in [6, 6.07) is 8.53. The molecule has 1 aromatic rings. The van der Waals surface area contributed by atoms with E-state index >= 15 is 0 Å². The molecule has 3 rings (SSSR count). The lowest BCUT2D eigenvalue weighted by atomic mass is 10.2. The lowest BCUT2D eigenvalue weighted by Gasteiger charge is -2.38. The van der Waals surface area contributed by atoms with Gasteiger partial charge in [-0.2, -0.15) is 0 Å². The minimum Gasteiger partial charge on any atom is -0.495 e. The third-order valence-corrected chi connectivity index (χ3v) is 5.66. The van der Waals surface area contributed by atoms with Crippen molar-refractivity contribution in [1.29, 1.82) is 0 Å². The van der Waals surface area contributed by atoms with Gasteiger partial charge in [-0.05, 0) is 31.9 Å². The fourth-order valence-corrected chi connectivity index (χ4v) is 4.11. The highest BCUT2D eigenvalue weighted by Gasteiger charge is 2.22. The van der Waals surface area contributed by atoms with Crippen molar-refractivity contribution < 1.29 is 9.53 Å². The topological polar surface area (TPSA) is 69.2 Å². The van der Waals surface area contributed by atoms with Gasteiger partial charge in [0.15, 0.2) is 5.96 Å². The number of guanidine groups is 1. The molecule has 160 valence electrons. The van der Waals surface area contributed by atoms with Crippen LogP contribution in [0, 0.1) is 0 Å². The van der Waals surface area contributed by atoms with Crippen molar-refractivity contribution in [1.82, 2.24) is 15.5 Å². The zero-order valence-electron chi connectivity index (χ0n) is 17.8. The molecule has 1 saturated carbocycles. The number of hydrogen-bond acceptors (Lipinski definition) is 4. The van der Waals surface area contributed by atoms with Crippen LogP contribution in [-0.4, -0.2) is 69.2 Å². The first-order chi connectivity index (χ1) is 14.2. The molecule has 1 amide bonds. The summed E-state index contributed by atoms with van der Waals surface area (Å²) >= 11 is 0. The van der Waals surface area contributed by atoms with E-state index in [1.54, 1.807) is 7.11 Å². The first-order valence-corrected chi connectivity index (χ1v) is 10.9. The standard InChI is InChI=1S/C22H35N5O2/c1-3-23-22(24-13-12-21(28)25-18-8-4-5-9-18)27-16-14-26(15-17-27)19-10-6-7-11-20(19)29-2/h6-7,10-11,18H,3-5,8-9,12-17H2,1-2H3,(H,23,24)(H,25,28). The van der Waals surface area contributed by atoms with Crippen LogP contribution in [-0.2, 0) is 4.79 Å². The second kappa shape index (κ2) is 10.9.